The van der Waals surface area contributed by atoms with Crippen LogP contribution in [0.15, 0.2) is 60.7 Å². The van der Waals surface area contributed by atoms with Gasteiger partial charge < -0.3 is 19.0 Å². The van der Waals surface area contributed by atoms with Crippen molar-refractivity contribution in [2.75, 3.05) is 6.61 Å². The molecule has 0 aliphatic rings. The topological polar surface area (TPSA) is 73.9 Å². The molecule has 0 saturated heterocycles. The lowest BCUT2D eigenvalue weighted by Gasteiger charge is -2.22. The number of nitrogens with one attached hydrogen (secondary N) is 1. The molecule has 2 aromatic carbocycles. The molecule has 0 bridgehead atoms. The molecule has 0 fully saturated rings. The van der Waals surface area contributed by atoms with Gasteiger partial charge in [-0.15, -0.1) is 0 Å². The number of alkyl carbamates (subject to hydrolysis) is 1. The standard InChI is InChI=1S/C20H23NO5S/c1-2-24-19(22)18(26-27)13-17(16-11-7-4-8-12-16)21-20(23)25-14-15-9-5-3-6-10-15/h3-12,17-18,27H,2,13-14H2,1H3,(H,21,23)/t17?,18-/m0/s1. The van der Waals surface area contributed by atoms with Crippen LogP contribution in [0.1, 0.15) is 30.5 Å². The minimum Gasteiger partial charge on any atom is -0.464 e. The number of amides is 1. The van der Waals surface area contributed by atoms with Gasteiger partial charge in [-0.25, -0.2) is 9.59 Å². The van der Waals surface area contributed by atoms with Crippen molar-refractivity contribution >= 4 is 25.0 Å². The van der Waals surface area contributed by atoms with Crippen LogP contribution in [0.25, 0.3) is 0 Å². The molecular formula is C20H23NO5S. The molecule has 2 rings (SSSR count). The Balaban J connectivity index is 2.03. The summed E-state index contributed by atoms with van der Waals surface area (Å²) in [6.45, 7) is 2.09. The summed E-state index contributed by atoms with van der Waals surface area (Å²) in [6, 6.07) is 18.1. The summed E-state index contributed by atoms with van der Waals surface area (Å²) in [6.07, 6.45) is -1.35. The molecule has 0 aromatic heterocycles. The fraction of sp³-hybridized carbons (Fsp3) is 0.300. The molecule has 1 unspecified atom stereocenters. The number of esters is 1. The van der Waals surface area contributed by atoms with Gasteiger partial charge in [-0.1, -0.05) is 60.7 Å². The third kappa shape index (κ3) is 6.96. The summed E-state index contributed by atoms with van der Waals surface area (Å²) in [4.78, 5) is 24.3. The van der Waals surface area contributed by atoms with E-state index in [1.165, 1.54) is 0 Å². The SMILES string of the molecule is CCOC(=O)[C@H](CC(NC(=O)OCc1ccccc1)c1ccccc1)OS. The predicted octanol–water partition coefficient (Wildman–Crippen LogP) is 3.84. The van der Waals surface area contributed by atoms with Gasteiger partial charge in [0.05, 0.1) is 12.6 Å². The van der Waals surface area contributed by atoms with E-state index in [9.17, 15) is 9.59 Å². The maximum absolute atomic E-state index is 12.3. The number of carbonyl (C=O) groups is 2. The van der Waals surface area contributed by atoms with Gasteiger partial charge >= 0.3 is 12.1 Å². The molecule has 6 nitrogen and oxygen atoms in total. The fourth-order valence-electron chi connectivity index (χ4n) is 2.50. The van der Waals surface area contributed by atoms with Crippen LogP contribution in [-0.4, -0.2) is 24.8 Å². The Bertz CT molecular complexity index is 711. The summed E-state index contributed by atoms with van der Waals surface area (Å²) >= 11 is 3.77. The average Bonchev–Trinajstić information content (AvgIpc) is 2.71. The Labute approximate surface area is 164 Å². The molecule has 0 radical (unpaired) electrons. The molecule has 0 spiro atoms. The van der Waals surface area contributed by atoms with Crippen molar-refractivity contribution in [2.24, 2.45) is 0 Å². The number of rotatable bonds is 9. The highest BCUT2D eigenvalue weighted by Crippen LogP contribution is 2.21. The van der Waals surface area contributed by atoms with Crippen molar-refractivity contribution in [1.29, 1.82) is 0 Å². The molecule has 2 aromatic rings. The predicted molar refractivity (Wildman–Crippen MR) is 104 cm³/mol. The van der Waals surface area contributed by atoms with Crippen LogP contribution in [0.3, 0.4) is 0 Å². The zero-order chi connectivity index (χ0) is 19.5. The number of benzene rings is 2. The summed E-state index contributed by atoms with van der Waals surface area (Å²) < 4.78 is 15.2. The van der Waals surface area contributed by atoms with Crippen molar-refractivity contribution in [3.05, 3.63) is 71.8 Å². The van der Waals surface area contributed by atoms with Crippen LogP contribution >= 0.6 is 12.9 Å². The van der Waals surface area contributed by atoms with Crippen LogP contribution < -0.4 is 5.32 Å². The van der Waals surface area contributed by atoms with Gasteiger partial charge in [0.15, 0.2) is 6.10 Å². The van der Waals surface area contributed by atoms with E-state index in [0.29, 0.717) is 0 Å². The molecular weight excluding hydrogens is 366 g/mol. The molecule has 0 aliphatic carbocycles. The van der Waals surface area contributed by atoms with E-state index in [2.05, 4.69) is 18.2 Å². The zero-order valence-corrected chi connectivity index (χ0v) is 15.9. The second-order valence-corrected chi connectivity index (χ2v) is 5.96. The van der Waals surface area contributed by atoms with E-state index in [4.69, 9.17) is 13.7 Å². The first-order valence-corrected chi connectivity index (χ1v) is 8.99. The van der Waals surface area contributed by atoms with Crippen LogP contribution in [0.4, 0.5) is 4.79 Å². The van der Waals surface area contributed by atoms with Crippen molar-refractivity contribution in [1.82, 2.24) is 5.32 Å². The number of thiol groups is 1. The van der Waals surface area contributed by atoms with Gasteiger partial charge in [-0.2, -0.15) is 0 Å². The molecule has 144 valence electrons. The van der Waals surface area contributed by atoms with Gasteiger partial charge in [0.2, 0.25) is 0 Å². The normalized spacial score (nSPS) is 12.7. The molecule has 7 heteroatoms. The van der Waals surface area contributed by atoms with Gasteiger partial charge in [0.1, 0.15) is 6.61 Å². The van der Waals surface area contributed by atoms with Crippen molar-refractivity contribution in [3.63, 3.8) is 0 Å². The molecule has 2 atom stereocenters. The third-order valence-corrected chi connectivity index (χ3v) is 4.09. The molecule has 0 saturated carbocycles. The maximum atomic E-state index is 12.3. The van der Waals surface area contributed by atoms with E-state index in [-0.39, 0.29) is 19.6 Å². The minimum atomic E-state index is -0.923. The Morgan fingerprint density at radius 3 is 2.22 bits per heavy atom. The van der Waals surface area contributed by atoms with E-state index >= 15 is 0 Å². The quantitative estimate of drug-likeness (QED) is 0.387. The largest absolute Gasteiger partial charge is 0.464 e. The number of hydrogen-bond acceptors (Lipinski definition) is 6. The molecule has 1 N–H and O–H groups in total. The lowest BCUT2D eigenvalue weighted by atomic mass is 10.0. The summed E-state index contributed by atoms with van der Waals surface area (Å²) in [7, 11) is 0. The molecule has 0 heterocycles. The van der Waals surface area contributed by atoms with E-state index in [0.717, 1.165) is 11.1 Å². The first-order valence-electron chi connectivity index (χ1n) is 8.63. The van der Waals surface area contributed by atoms with Gasteiger partial charge in [0, 0.05) is 6.42 Å². The van der Waals surface area contributed by atoms with E-state index in [1.807, 2.05) is 60.7 Å². The Hall–Kier alpha value is -2.51. The highest BCUT2D eigenvalue weighted by Gasteiger charge is 2.27. The highest BCUT2D eigenvalue weighted by atomic mass is 32.1. The molecule has 27 heavy (non-hydrogen) atoms. The number of ether oxygens (including phenoxy) is 2. The van der Waals surface area contributed by atoms with Crippen molar-refractivity contribution < 1.29 is 23.2 Å². The van der Waals surface area contributed by atoms with Crippen molar-refractivity contribution in [3.8, 4) is 0 Å². The molecule has 0 aliphatic heterocycles. The first kappa shape index (κ1) is 20.8. The van der Waals surface area contributed by atoms with Gasteiger partial charge in [-0.3, -0.25) is 0 Å². The summed E-state index contributed by atoms with van der Waals surface area (Å²) in [5, 5.41) is 2.78. The summed E-state index contributed by atoms with van der Waals surface area (Å²) in [5.74, 6) is -0.534. The Morgan fingerprint density at radius 2 is 1.63 bits per heavy atom. The van der Waals surface area contributed by atoms with Crippen LogP contribution in [0.2, 0.25) is 0 Å². The smallest absolute Gasteiger partial charge is 0.407 e. The van der Waals surface area contributed by atoms with Crippen LogP contribution in [-0.2, 0) is 25.1 Å². The summed E-state index contributed by atoms with van der Waals surface area (Å²) in [5.41, 5.74) is 1.70. The first-order chi connectivity index (χ1) is 13.1. The fourth-order valence-corrected chi connectivity index (χ4v) is 2.67. The van der Waals surface area contributed by atoms with E-state index < -0.39 is 24.2 Å². The zero-order valence-electron chi connectivity index (χ0n) is 15.0. The monoisotopic (exact) mass is 389 g/mol. The minimum absolute atomic E-state index is 0.151. The second-order valence-electron chi connectivity index (χ2n) is 5.75. The maximum Gasteiger partial charge on any atom is 0.407 e. The van der Waals surface area contributed by atoms with Crippen molar-refractivity contribution in [2.45, 2.75) is 32.1 Å². The van der Waals surface area contributed by atoms with Crippen LogP contribution in [0, 0.1) is 0 Å². The third-order valence-electron chi connectivity index (χ3n) is 3.83. The van der Waals surface area contributed by atoms with Gasteiger partial charge in [-0.05, 0) is 31.0 Å². The van der Waals surface area contributed by atoms with Crippen LogP contribution in [0.5, 0.6) is 0 Å². The van der Waals surface area contributed by atoms with E-state index in [1.54, 1.807) is 6.92 Å². The molecule has 1 amide bonds. The number of hydrogen-bond donors (Lipinski definition) is 2. The number of carbonyl (C=O) groups excluding carboxylic acids is 2. The lowest BCUT2D eigenvalue weighted by molar-refractivity contribution is -0.151. The van der Waals surface area contributed by atoms with Gasteiger partial charge in [0.25, 0.3) is 0 Å². The second kappa shape index (κ2) is 11.3. The Kier molecular flexibility index (Phi) is 8.67. The Morgan fingerprint density at radius 1 is 1.00 bits per heavy atom. The lowest BCUT2D eigenvalue weighted by Crippen LogP contribution is -2.34. The average molecular weight is 389 g/mol. The highest BCUT2D eigenvalue weighted by molar-refractivity contribution is 7.75.